The standard InChI is InChI=1S/C16H19N3S2/c1-20-16-18-17-15(21-16)10-19(12-7-8-12)14-9-6-11-4-2-3-5-13(11)14/h2-5,12,14H,6-10H2,1H3. The monoisotopic (exact) mass is 317 g/mol. The molecule has 21 heavy (non-hydrogen) atoms. The fourth-order valence-electron chi connectivity index (χ4n) is 3.32. The summed E-state index contributed by atoms with van der Waals surface area (Å²) in [7, 11) is 0. The van der Waals surface area contributed by atoms with E-state index in [1.54, 1.807) is 28.7 Å². The van der Waals surface area contributed by atoms with Gasteiger partial charge in [0.25, 0.3) is 0 Å². The molecule has 1 fully saturated rings. The van der Waals surface area contributed by atoms with Crippen molar-refractivity contribution in [1.82, 2.24) is 15.1 Å². The van der Waals surface area contributed by atoms with Gasteiger partial charge >= 0.3 is 0 Å². The largest absolute Gasteiger partial charge is 0.287 e. The van der Waals surface area contributed by atoms with Gasteiger partial charge in [0.15, 0.2) is 4.34 Å². The van der Waals surface area contributed by atoms with Crippen LogP contribution in [-0.4, -0.2) is 27.4 Å². The number of aromatic nitrogens is 2. The van der Waals surface area contributed by atoms with Gasteiger partial charge in [-0.15, -0.1) is 10.2 Å². The van der Waals surface area contributed by atoms with Crippen LogP contribution in [0.2, 0.25) is 0 Å². The topological polar surface area (TPSA) is 29.0 Å². The molecule has 0 N–H and O–H groups in total. The molecule has 0 saturated heterocycles. The molecular weight excluding hydrogens is 298 g/mol. The number of benzene rings is 1. The van der Waals surface area contributed by atoms with Gasteiger partial charge < -0.3 is 0 Å². The fourth-order valence-corrected chi connectivity index (χ4v) is 4.64. The van der Waals surface area contributed by atoms with Gasteiger partial charge in [-0.25, -0.2) is 0 Å². The molecular formula is C16H19N3S2. The zero-order chi connectivity index (χ0) is 14.2. The first-order valence-corrected chi connectivity index (χ1v) is 9.59. The number of nitrogens with zero attached hydrogens (tertiary/aromatic N) is 3. The van der Waals surface area contributed by atoms with Gasteiger partial charge in [0.05, 0.1) is 6.54 Å². The molecule has 1 saturated carbocycles. The van der Waals surface area contributed by atoms with Crippen LogP contribution in [0.15, 0.2) is 28.6 Å². The Morgan fingerprint density at radius 1 is 1.24 bits per heavy atom. The molecule has 1 atom stereocenters. The second kappa shape index (κ2) is 5.71. The van der Waals surface area contributed by atoms with E-state index in [9.17, 15) is 0 Å². The molecule has 1 aromatic carbocycles. The highest BCUT2D eigenvalue weighted by atomic mass is 32.2. The summed E-state index contributed by atoms with van der Waals surface area (Å²) in [5, 5.41) is 9.78. The Balaban J connectivity index is 1.58. The van der Waals surface area contributed by atoms with Crippen LogP contribution in [0.3, 0.4) is 0 Å². The lowest BCUT2D eigenvalue weighted by Gasteiger charge is -2.28. The minimum absolute atomic E-state index is 0.579. The summed E-state index contributed by atoms with van der Waals surface area (Å²) in [4.78, 5) is 2.68. The van der Waals surface area contributed by atoms with Crippen LogP contribution in [0.4, 0.5) is 0 Å². The summed E-state index contributed by atoms with van der Waals surface area (Å²) >= 11 is 3.43. The maximum Gasteiger partial charge on any atom is 0.174 e. The third-order valence-corrected chi connectivity index (χ3v) is 6.34. The Labute approximate surface area is 133 Å². The summed E-state index contributed by atoms with van der Waals surface area (Å²) in [6.45, 7) is 0.960. The predicted molar refractivity (Wildman–Crippen MR) is 87.8 cm³/mol. The molecule has 3 nitrogen and oxygen atoms in total. The molecule has 2 aliphatic carbocycles. The predicted octanol–water partition coefficient (Wildman–Crippen LogP) is 3.91. The number of fused-ring (bicyclic) bond motifs is 1. The molecule has 0 radical (unpaired) electrons. The number of aryl methyl sites for hydroxylation is 1. The molecule has 0 bridgehead atoms. The Kier molecular flexibility index (Phi) is 3.73. The van der Waals surface area contributed by atoms with E-state index in [1.165, 1.54) is 31.2 Å². The van der Waals surface area contributed by atoms with Crippen molar-refractivity contribution in [2.45, 2.75) is 48.7 Å². The molecule has 110 valence electrons. The second-order valence-electron chi connectivity index (χ2n) is 5.82. The minimum Gasteiger partial charge on any atom is -0.287 e. The van der Waals surface area contributed by atoms with E-state index in [2.05, 4.69) is 45.6 Å². The van der Waals surface area contributed by atoms with Gasteiger partial charge in [0, 0.05) is 12.1 Å². The highest BCUT2D eigenvalue weighted by molar-refractivity contribution is 8.00. The summed E-state index contributed by atoms with van der Waals surface area (Å²) in [5.41, 5.74) is 3.08. The molecule has 4 rings (SSSR count). The van der Waals surface area contributed by atoms with E-state index >= 15 is 0 Å². The van der Waals surface area contributed by atoms with E-state index in [0.29, 0.717) is 6.04 Å². The van der Waals surface area contributed by atoms with Crippen LogP contribution >= 0.6 is 23.1 Å². The van der Waals surface area contributed by atoms with Crippen molar-refractivity contribution in [3.63, 3.8) is 0 Å². The SMILES string of the molecule is CSc1nnc(CN(C2CC2)C2CCc3ccccc32)s1. The average Bonchev–Trinajstić information content (AvgIpc) is 3.11. The van der Waals surface area contributed by atoms with E-state index in [-0.39, 0.29) is 0 Å². The number of hydrogen-bond donors (Lipinski definition) is 0. The van der Waals surface area contributed by atoms with Crippen LogP contribution in [-0.2, 0) is 13.0 Å². The van der Waals surface area contributed by atoms with E-state index in [4.69, 9.17) is 0 Å². The molecule has 0 spiro atoms. The summed E-state index contributed by atoms with van der Waals surface area (Å²) < 4.78 is 1.08. The Morgan fingerprint density at radius 2 is 2.10 bits per heavy atom. The van der Waals surface area contributed by atoms with Crippen molar-refractivity contribution in [2.75, 3.05) is 6.26 Å². The first-order chi connectivity index (χ1) is 10.3. The highest BCUT2D eigenvalue weighted by Gasteiger charge is 2.37. The van der Waals surface area contributed by atoms with Crippen LogP contribution in [0.1, 0.15) is 41.4 Å². The third kappa shape index (κ3) is 2.74. The minimum atomic E-state index is 0.579. The van der Waals surface area contributed by atoms with Crippen molar-refractivity contribution in [3.05, 3.63) is 40.4 Å². The van der Waals surface area contributed by atoms with Gasteiger partial charge in [-0.2, -0.15) is 0 Å². The average molecular weight is 317 g/mol. The summed E-state index contributed by atoms with van der Waals surface area (Å²) in [6.07, 6.45) is 7.22. The van der Waals surface area contributed by atoms with Crippen LogP contribution in [0.25, 0.3) is 0 Å². The molecule has 2 aliphatic rings. The lowest BCUT2D eigenvalue weighted by Crippen LogP contribution is -2.29. The smallest absolute Gasteiger partial charge is 0.174 e. The van der Waals surface area contributed by atoms with Crippen molar-refractivity contribution >= 4 is 23.1 Å². The molecule has 5 heteroatoms. The Bertz CT molecular complexity index is 636. The highest BCUT2D eigenvalue weighted by Crippen LogP contribution is 2.42. The van der Waals surface area contributed by atoms with E-state index in [1.807, 2.05) is 0 Å². The molecule has 1 unspecified atom stereocenters. The summed E-state index contributed by atoms with van der Waals surface area (Å²) in [6, 6.07) is 10.3. The zero-order valence-electron chi connectivity index (χ0n) is 12.2. The quantitative estimate of drug-likeness (QED) is 0.782. The van der Waals surface area contributed by atoms with E-state index in [0.717, 1.165) is 21.9 Å². The Hall–Kier alpha value is -0.910. The maximum atomic E-state index is 4.37. The lowest BCUT2D eigenvalue weighted by atomic mass is 10.1. The molecule has 0 amide bonds. The first-order valence-electron chi connectivity index (χ1n) is 7.55. The van der Waals surface area contributed by atoms with E-state index < -0.39 is 0 Å². The maximum absolute atomic E-state index is 4.37. The van der Waals surface area contributed by atoms with Gasteiger partial charge in [0.2, 0.25) is 0 Å². The number of thioether (sulfide) groups is 1. The van der Waals surface area contributed by atoms with Crippen LogP contribution < -0.4 is 0 Å². The molecule has 1 aromatic heterocycles. The van der Waals surface area contributed by atoms with Gasteiger partial charge in [0.1, 0.15) is 5.01 Å². The molecule has 0 aliphatic heterocycles. The molecule has 1 heterocycles. The van der Waals surface area contributed by atoms with Gasteiger partial charge in [-0.05, 0) is 43.1 Å². The molecule has 2 aromatic rings. The number of rotatable bonds is 5. The summed E-state index contributed by atoms with van der Waals surface area (Å²) in [5.74, 6) is 0. The Morgan fingerprint density at radius 3 is 2.86 bits per heavy atom. The van der Waals surface area contributed by atoms with Gasteiger partial charge in [-0.3, -0.25) is 4.90 Å². The lowest BCUT2D eigenvalue weighted by molar-refractivity contribution is 0.176. The zero-order valence-corrected chi connectivity index (χ0v) is 13.8. The van der Waals surface area contributed by atoms with Crippen molar-refractivity contribution in [2.24, 2.45) is 0 Å². The normalized spacial score (nSPS) is 21.0. The first kappa shape index (κ1) is 13.7. The van der Waals surface area contributed by atoms with Crippen molar-refractivity contribution in [1.29, 1.82) is 0 Å². The van der Waals surface area contributed by atoms with Crippen LogP contribution in [0.5, 0.6) is 0 Å². The number of hydrogen-bond acceptors (Lipinski definition) is 5. The van der Waals surface area contributed by atoms with Crippen molar-refractivity contribution < 1.29 is 0 Å². The third-order valence-electron chi connectivity index (χ3n) is 4.46. The van der Waals surface area contributed by atoms with Crippen molar-refractivity contribution in [3.8, 4) is 0 Å². The van der Waals surface area contributed by atoms with Gasteiger partial charge in [-0.1, -0.05) is 47.4 Å². The fraction of sp³-hybridized carbons (Fsp3) is 0.500. The second-order valence-corrected chi connectivity index (χ2v) is 7.94. The van der Waals surface area contributed by atoms with Crippen LogP contribution in [0, 0.1) is 0 Å².